The van der Waals surface area contributed by atoms with E-state index in [1.54, 1.807) is 51.1 Å². The summed E-state index contributed by atoms with van der Waals surface area (Å²) in [7, 11) is 2.79. The highest BCUT2D eigenvalue weighted by Crippen LogP contribution is 2.45. The summed E-state index contributed by atoms with van der Waals surface area (Å²) in [4.78, 5) is 57.6. The van der Waals surface area contributed by atoms with Gasteiger partial charge in [-0.25, -0.2) is 14.6 Å². The summed E-state index contributed by atoms with van der Waals surface area (Å²) in [5, 5.41) is 3.50. The lowest BCUT2D eigenvalue weighted by Crippen LogP contribution is -2.53. The normalized spacial score (nSPS) is 23.5. The highest BCUT2D eigenvalue weighted by Gasteiger charge is 2.62. The maximum atomic E-state index is 13.6. The van der Waals surface area contributed by atoms with E-state index in [0.29, 0.717) is 28.8 Å². The first kappa shape index (κ1) is 30.3. The van der Waals surface area contributed by atoms with E-state index >= 15 is 0 Å². The number of ketones is 1. The predicted octanol–water partition coefficient (Wildman–Crippen LogP) is 3.81. The molecule has 1 aromatic heterocycles. The third-order valence-electron chi connectivity index (χ3n) is 7.07. The fourth-order valence-corrected chi connectivity index (χ4v) is 5.22. The molecule has 1 aliphatic heterocycles. The third-order valence-corrected chi connectivity index (χ3v) is 7.58. The first-order valence-corrected chi connectivity index (χ1v) is 14.2. The van der Waals surface area contributed by atoms with Crippen molar-refractivity contribution in [2.24, 2.45) is 5.92 Å². The van der Waals surface area contributed by atoms with Crippen LogP contribution in [-0.4, -0.2) is 83.0 Å². The molecule has 1 N–H and O–H groups in total. The second-order valence-corrected chi connectivity index (χ2v) is 11.6. The van der Waals surface area contributed by atoms with E-state index in [1.807, 2.05) is 0 Å². The molecule has 2 aliphatic rings. The van der Waals surface area contributed by atoms with Gasteiger partial charge in [-0.1, -0.05) is 22.0 Å². The molecule has 0 bridgehead atoms. The van der Waals surface area contributed by atoms with Crippen molar-refractivity contribution in [1.29, 1.82) is 0 Å². The minimum atomic E-state index is -1.22. The number of Topliss-reactive ketones (excluding diaryl/α,β-unsaturated/α-hetero) is 1. The second-order valence-electron chi connectivity index (χ2n) is 11.1. The molecule has 12 heteroatoms. The lowest BCUT2D eigenvalue weighted by molar-refractivity contribution is -0.147. The molecule has 1 aliphatic carbocycles. The van der Waals surface area contributed by atoms with Gasteiger partial charge in [0.2, 0.25) is 5.91 Å². The van der Waals surface area contributed by atoms with E-state index in [9.17, 15) is 19.2 Å². The molecule has 11 nitrogen and oxygen atoms in total. The van der Waals surface area contributed by atoms with Crippen molar-refractivity contribution in [3.8, 4) is 11.5 Å². The number of rotatable bonds is 9. The molecule has 4 atom stereocenters. The van der Waals surface area contributed by atoms with Gasteiger partial charge in [-0.05, 0) is 39.3 Å². The number of pyridine rings is 1. The number of alkyl halides is 1. The monoisotopic (exact) mass is 631 g/mol. The average Bonchev–Trinajstić information content (AvgIpc) is 3.48. The Hall–Kier alpha value is -3.67. The number of nitrogens with one attached hydrogen (secondary N) is 1. The predicted molar refractivity (Wildman–Crippen MR) is 153 cm³/mol. The molecule has 4 rings (SSSR count). The molecule has 220 valence electrons. The Bertz CT molecular complexity index is 1390. The third kappa shape index (κ3) is 6.32. The zero-order valence-corrected chi connectivity index (χ0v) is 25.3. The van der Waals surface area contributed by atoms with Gasteiger partial charge in [0.05, 0.1) is 31.6 Å². The van der Waals surface area contributed by atoms with E-state index in [0.717, 1.165) is 0 Å². The topological polar surface area (TPSA) is 133 Å². The van der Waals surface area contributed by atoms with Gasteiger partial charge in [0.25, 0.3) is 0 Å². The quantitative estimate of drug-likeness (QED) is 0.190. The molecule has 2 amide bonds. The SMILES string of the molecule is C=CC1C[C@]1(NC(=O)[C@@H]1CC(Oc2cc(C(=O)CBr)nc3cc(OC)ccc23)CN1C(=O)OC(C)(C)C)C(=O)OC. The molecule has 0 radical (unpaired) electrons. The van der Waals surface area contributed by atoms with E-state index < -0.39 is 41.3 Å². The highest BCUT2D eigenvalue weighted by atomic mass is 79.9. The lowest BCUT2D eigenvalue weighted by atomic mass is 10.1. The maximum absolute atomic E-state index is 13.6. The van der Waals surface area contributed by atoms with Crippen LogP contribution in [0.4, 0.5) is 4.79 Å². The van der Waals surface area contributed by atoms with E-state index in [2.05, 4.69) is 32.8 Å². The Morgan fingerprint density at radius 1 is 1.22 bits per heavy atom. The molecule has 0 spiro atoms. The molecule has 2 aromatic rings. The highest BCUT2D eigenvalue weighted by molar-refractivity contribution is 9.09. The Labute approximate surface area is 246 Å². The summed E-state index contributed by atoms with van der Waals surface area (Å²) >= 11 is 3.18. The van der Waals surface area contributed by atoms with Crippen molar-refractivity contribution in [2.75, 3.05) is 26.1 Å². The molecule has 2 unspecified atom stereocenters. The number of carbonyl (C=O) groups is 4. The summed E-state index contributed by atoms with van der Waals surface area (Å²) in [6.45, 7) is 8.97. The van der Waals surface area contributed by atoms with Crippen LogP contribution in [-0.2, 0) is 19.1 Å². The van der Waals surface area contributed by atoms with Gasteiger partial charge in [-0.2, -0.15) is 0 Å². The number of ether oxygens (including phenoxy) is 4. The van der Waals surface area contributed by atoms with Gasteiger partial charge < -0.3 is 24.3 Å². The molecular weight excluding hydrogens is 598 g/mol. The van der Waals surface area contributed by atoms with Gasteiger partial charge in [-0.3, -0.25) is 14.5 Å². The number of amides is 2. The van der Waals surface area contributed by atoms with Crippen LogP contribution >= 0.6 is 15.9 Å². The summed E-state index contributed by atoms with van der Waals surface area (Å²) in [5.74, 6) is -0.701. The first-order valence-electron chi connectivity index (χ1n) is 13.1. The van der Waals surface area contributed by atoms with Crippen LogP contribution in [0.25, 0.3) is 10.9 Å². The van der Waals surface area contributed by atoms with Crippen LogP contribution in [0.1, 0.15) is 44.1 Å². The van der Waals surface area contributed by atoms with E-state index in [4.69, 9.17) is 18.9 Å². The number of aromatic nitrogens is 1. The van der Waals surface area contributed by atoms with Crippen LogP contribution in [0.5, 0.6) is 11.5 Å². The average molecular weight is 633 g/mol. The van der Waals surface area contributed by atoms with Gasteiger partial charge in [0.15, 0.2) is 5.78 Å². The van der Waals surface area contributed by atoms with Crippen molar-refractivity contribution in [3.63, 3.8) is 0 Å². The zero-order valence-electron chi connectivity index (χ0n) is 23.7. The Morgan fingerprint density at radius 3 is 2.54 bits per heavy atom. The number of halogens is 1. The van der Waals surface area contributed by atoms with Crippen molar-refractivity contribution in [2.45, 2.75) is 56.9 Å². The van der Waals surface area contributed by atoms with Crippen molar-refractivity contribution >= 4 is 50.6 Å². The fourth-order valence-electron chi connectivity index (χ4n) is 4.93. The molecule has 2 fully saturated rings. The smallest absolute Gasteiger partial charge is 0.411 e. The maximum Gasteiger partial charge on any atom is 0.411 e. The van der Waals surface area contributed by atoms with Gasteiger partial charge in [0, 0.05) is 29.9 Å². The number of hydrogen-bond donors (Lipinski definition) is 1. The van der Waals surface area contributed by atoms with Gasteiger partial charge in [-0.15, -0.1) is 6.58 Å². The summed E-state index contributed by atoms with van der Waals surface area (Å²) < 4.78 is 22.2. The molecule has 1 aromatic carbocycles. The Morgan fingerprint density at radius 2 is 1.95 bits per heavy atom. The first-order chi connectivity index (χ1) is 19.3. The molecule has 1 saturated heterocycles. The van der Waals surface area contributed by atoms with E-state index in [1.165, 1.54) is 19.1 Å². The van der Waals surface area contributed by atoms with Crippen molar-refractivity contribution in [3.05, 3.63) is 42.6 Å². The molecule has 41 heavy (non-hydrogen) atoms. The van der Waals surface area contributed by atoms with Crippen molar-refractivity contribution < 1.29 is 38.1 Å². The lowest BCUT2D eigenvalue weighted by Gasteiger charge is -2.28. The number of esters is 1. The number of methoxy groups -OCH3 is 2. The van der Waals surface area contributed by atoms with Crippen LogP contribution in [0.3, 0.4) is 0 Å². The number of benzene rings is 1. The van der Waals surface area contributed by atoms with Crippen LogP contribution in [0.15, 0.2) is 36.9 Å². The standard InChI is InChI=1S/C29H34BrN3O8/c1-7-16-13-29(16,26(36)39-6)32-25(35)22-11-18(15-33(22)27(37)41-28(2,3)4)40-24-12-21(23(34)14-30)31-20-10-17(38-5)8-9-19(20)24/h7-10,12,16,18,22H,1,11,13-15H2,2-6H3,(H,32,35)/t16?,18?,22-,29+/m0/s1. The van der Waals surface area contributed by atoms with Crippen molar-refractivity contribution in [1.82, 2.24) is 15.2 Å². The van der Waals surface area contributed by atoms with Crippen LogP contribution in [0.2, 0.25) is 0 Å². The fraction of sp³-hybridized carbons (Fsp3) is 0.483. The van der Waals surface area contributed by atoms with Crippen LogP contribution < -0.4 is 14.8 Å². The number of nitrogens with zero attached hydrogens (tertiary/aromatic N) is 2. The summed E-state index contributed by atoms with van der Waals surface area (Å²) in [5.41, 5.74) is -1.35. The molecular formula is C29H34BrN3O8. The minimum absolute atomic E-state index is 0.0325. The Kier molecular flexibility index (Phi) is 8.62. The Balaban J connectivity index is 1.65. The number of fused-ring (bicyclic) bond motifs is 1. The number of likely N-dealkylation sites (tertiary alicyclic amines) is 1. The minimum Gasteiger partial charge on any atom is -0.497 e. The second kappa shape index (κ2) is 11.7. The largest absolute Gasteiger partial charge is 0.497 e. The van der Waals surface area contributed by atoms with Gasteiger partial charge in [0.1, 0.15) is 40.5 Å². The molecule has 1 saturated carbocycles. The van der Waals surface area contributed by atoms with Gasteiger partial charge >= 0.3 is 12.1 Å². The number of carbonyl (C=O) groups excluding carboxylic acids is 4. The molecule has 2 heterocycles. The number of hydrogen-bond acceptors (Lipinski definition) is 9. The zero-order chi connectivity index (χ0) is 30.1. The summed E-state index contributed by atoms with van der Waals surface area (Å²) in [6.07, 6.45) is 0.736. The summed E-state index contributed by atoms with van der Waals surface area (Å²) in [6, 6.07) is 5.78. The van der Waals surface area contributed by atoms with Crippen LogP contribution in [0, 0.1) is 5.92 Å². The van der Waals surface area contributed by atoms with E-state index in [-0.39, 0.29) is 35.7 Å².